The lowest BCUT2D eigenvalue weighted by atomic mass is 10.2. The molecule has 0 aliphatic heterocycles. The van der Waals surface area contributed by atoms with Crippen LogP contribution in [0.15, 0.2) is 0 Å². The lowest BCUT2D eigenvalue weighted by molar-refractivity contribution is -0.121. The Labute approximate surface area is 83.5 Å². The molecule has 5 nitrogen and oxygen atoms in total. The zero-order valence-electron chi connectivity index (χ0n) is 8.30. The highest BCUT2D eigenvalue weighted by Gasteiger charge is 1.99. The van der Waals surface area contributed by atoms with Gasteiger partial charge in [-0.15, -0.1) is 0 Å². The second-order valence-corrected chi connectivity index (χ2v) is 2.87. The average molecular weight is 197 g/mol. The summed E-state index contributed by atoms with van der Waals surface area (Å²) < 4.78 is 0. The van der Waals surface area contributed by atoms with Gasteiger partial charge in [0, 0.05) is 19.9 Å². The number of carbonyl (C=O) groups is 2. The fourth-order valence-electron chi connectivity index (χ4n) is 0.901. The van der Waals surface area contributed by atoms with E-state index in [-0.39, 0.29) is 18.4 Å². The third kappa shape index (κ3) is 8.53. The fourth-order valence-corrected chi connectivity index (χ4v) is 0.901. The third-order valence-electron chi connectivity index (χ3n) is 1.57. The van der Waals surface area contributed by atoms with Crippen LogP contribution in [0.5, 0.6) is 0 Å². The lowest BCUT2D eigenvalue weighted by Gasteiger charge is -2.02. The summed E-state index contributed by atoms with van der Waals surface area (Å²) in [6.07, 6.45) is 1.90. The minimum atomic E-state index is -0.116. The maximum Gasteiger partial charge on any atom is 0.220 e. The summed E-state index contributed by atoms with van der Waals surface area (Å²) >= 11 is 0. The molecule has 78 valence electrons. The van der Waals surface area contributed by atoms with Crippen molar-refractivity contribution in [1.29, 1.82) is 5.26 Å². The molecule has 0 bridgehead atoms. The van der Waals surface area contributed by atoms with E-state index in [9.17, 15) is 9.59 Å². The summed E-state index contributed by atoms with van der Waals surface area (Å²) in [5.41, 5.74) is 0. The van der Waals surface area contributed by atoms with Crippen molar-refractivity contribution in [3.8, 4) is 6.07 Å². The number of carbonyl (C=O) groups excluding carboxylic acids is 2. The molecular formula is C9H15N3O2. The molecule has 0 aliphatic rings. The molecule has 0 aromatic carbocycles. The highest BCUT2D eigenvalue weighted by atomic mass is 16.2. The number of hydrogen-bond acceptors (Lipinski definition) is 3. The van der Waals surface area contributed by atoms with E-state index in [1.165, 1.54) is 6.92 Å². The maximum absolute atomic E-state index is 10.9. The van der Waals surface area contributed by atoms with Crippen LogP contribution in [0.25, 0.3) is 0 Å². The predicted molar refractivity (Wildman–Crippen MR) is 51.2 cm³/mol. The molecule has 2 amide bonds. The van der Waals surface area contributed by atoms with E-state index < -0.39 is 0 Å². The van der Waals surface area contributed by atoms with Crippen LogP contribution in [0.2, 0.25) is 0 Å². The first-order chi connectivity index (χ1) is 6.66. The number of nitriles is 1. The van der Waals surface area contributed by atoms with E-state index in [4.69, 9.17) is 5.26 Å². The Bertz CT molecular complexity index is 233. The van der Waals surface area contributed by atoms with Gasteiger partial charge in [0.25, 0.3) is 0 Å². The summed E-state index contributed by atoms with van der Waals surface area (Å²) in [6.45, 7) is 2.12. The molecular weight excluding hydrogens is 182 g/mol. The lowest BCUT2D eigenvalue weighted by Crippen LogP contribution is -2.24. The van der Waals surface area contributed by atoms with Gasteiger partial charge in [0.2, 0.25) is 11.8 Å². The van der Waals surface area contributed by atoms with E-state index >= 15 is 0 Å². The van der Waals surface area contributed by atoms with Gasteiger partial charge in [-0.25, -0.2) is 0 Å². The van der Waals surface area contributed by atoms with Gasteiger partial charge in [-0.3, -0.25) is 9.59 Å². The first kappa shape index (κ1) is 12.4. The largest absolute Gasteiger partial charge is 0.356 e. The van der Waals surface area contributed by atoms with Gasteiger partial charge in [0.05, 0.1) is 6.07 Å². The zero-order chi connectivity index (χ0) is 10.8. The normalized spacial score (nSPS) is 8.86. The Kier molecular flexibility index (Phi) is 7.15. The van der Waals surface area contributed by atoms with Crippen molar-refractivity contribution in [3.63, 3.8) is 0 Å². The maximum atomic E-state index is 10.9. The zero-order valence-corrected chi connectivity index (χ0v) is 8.30. The second-order valence-electron chi connectivity index (χ2n) is 2.87. The van der Waals surface area contributed by atoms with E-state index in [2.05, 4.69) is 10.6 Å². The molecule has 0 aromatic heterocycles. The van der Waals surface area contributed by atoms with Gasteiger partial charge >= 0.3 is 0 Å². The number of rotatable bonds is 6. The van der Waals surface area contributed by atoms with Gasteiger partial charge < -0.3 is 10.6 Å². The van der Waals surface area contributed by atoms with Crippen molar-refractivity contribution in [3.05, 3.63) is 0 Å². The number of nitrogens with zero attached hydrogens (tertiary/aromatic N) is 1. The van der Waals surface area contributed by atoms with Gasteiger partial charge in [-0.1, -0.05) is 0 Å². The molecule has 0 aliphatic carbocycles. The Morgan fingerprint density at radius 3 is 2.57 bits per heavy atom. The fraction of sp³-hybridized carbons (Fsp3) is 0.667. The van der Waals surface area contributed by atoms with Gasteiger partial charge in [-0.2, -0.15) is 5.26 Å². The summed E-state index contributed by atoms with van der Waals surface area (Å²) in [5.74, 6) is -0.173. The minimum Gasteiger partial charge on any atom is -0.356 e. The molecule has 0 spiro atoms. The summed E-state index contributed by atoms with van der Waals surface area (Å²) in [7, 11) is 0. The Morgan fingerprint density at radius 2 is 2.00 bits per heavy atom. The van der Waals surface area contributed by atoms with Crippen molar-refractivity contribution in [2.75, 3.05) is 13.1 Å². The highest BCUT2D eigenvalue weighted by Crippen LogP contribution is 1.93. The Morgan fingerprint density at radius 1 is 1.29 bits per heavy atom. The van der Waals surface area contributed by atoms with Crippen molar-refractivity contribution >= 4 is 11.8 Å². The number of hydrogen-bond donors (Lipinski definition) is 2. The molecule has 5 heteroatoms. The van der Waals surface area contributed by atoms with Crippen molar-refractivity contribution in [2.24, 2.45) is 0 Å². The molecule has 0 fully saturated rings. The highest BCUT2D eigenvalue weighted by molar-refractivity contribution is 5.76. The minimum absolute atomic E-state index is 0.0565. The van der Waals surface area contributed by atoms with Crippen LogP contribution in [-0.2, 0) is 9.59 Å². The van der Waals surface area contributed by atoms with Crippen molar-refractivity contribution in [2.45, 2.75) is 26.2 Å². The van der Waals surface area contributed by atoms with Crippen LogP contribution in [0.4, 0.5) is 0 Å². The SMILES string of the molecule is CC(=O)NCCCCC(=O)NCC#N. The predicted octanol–water partition coefficient (Wildman–Crippen LogP) is -0.0674. The molecule has 2 N–H and O–H groups in total. The van der Waals surface area contributed by atoms with Crippen LogP contribution < -0.4 is 10.6 Å². The van der Waals surface area contributed by atoms with Crippen LogP contribution in [0, 0.1) is 11.3 Å². The molecule has 0 unspecified atom stereocenters. The van der Waals surface area contributed by atoms with Crippen molar-refractivity contribution in [1.82, 2.24) is 10.6 Å². The molecule has 0 heterocycles. The van der Waals surface area contributed by atoms with Crippen LogP contribution in [-0.4, -0.2) is 24.9 Å². The van der Waals surface area contributed by atoms with Crippen molar-refractivity contribution < 1.29 is 9.59 Å². The van der Waals surface area contributed by atoms with Gasteiger partial charge in [0.15, 0.2) is 0 Å². The summed E-state index contributed by atoms with van der Waals surface area (Å²) in [4.78, 5) is 21.4. The number of nitrogens with one attached hydrogen (secondary N) is 2. The quantitative estimate of drug-likeness (QED) is 0.462. The first-order valence-corrected chi connectivity index (χ1v) is 4.55. The number of unbranched alkanes of at least 4 members (excludes halogenated alkanes) is 1. The second kappa shape index (κ2) is 8.05. The van der Waals surface area contributed by atoms with E-state index in [0.717, 1.165) is 12.8 Å². The van der Waals surface area contributed by atoms with Crippen LogP contribution in [0.3, 0.4) is 0 Å². The monoisotopic (exact) mass is 197 g/mol. The van der Waals surface area contributed by atoms with Crippen LogP contribution in [0.1, 0.15) is 26.2 Å². The first-order valence-electron chi connectivity index (χ1n) is 4.55. The third-order valence-corrected chi connectivity index (χ3v) is 1.57. The molecule has 0 saturated carbocycles. The van der Waals surface area contributed by atoms with E-state index in [0.29, 0.717) is 13.0 Å². The molecule has 0 saturated heterocycles. The molecule has 0 atom stereocenters. The van der Waals surface area contributed by atoms with Crippen LogP contribution >= 0.6 is 0 Å². The topological polar surface area (TPSA) is 82.0 Å². The van der Waals surface area contributed by atoms with E-state index in [1.807, 2.05) is 6.07 Å². The average Bonchev–Trinajstić information content (AvgIpc) is 2.13. The molecule has 0 aromatic rings. The Balaban J connectivity index is 3.24. The number of amides is 2. The smallest absolute Gasteiger partial charge is 0.220 e. The van der Waals surface area contributed by atoms with Gasteiger partial charge in [-0.05, 0) is 12.8 Å². The van der Waals surface area contributed by atoms with E-state index in [1.54, 1.807) is 0 Å². The van der Waals surface area contributed by atoms with Gasteiger partial charge in [0.1, 0.15) is 6.54 Å². The molecule has 0 rings (SSSR count). The molecule has 0 radical (unpaired) electrons. The summed E-state index contributed by atoms with van der Waals surface area (Å²) in [5, 5.41) is 13.3. The summed E-state index contributed by atoms with van der Waals surface area (Å²) in [6, 6.07) is 1.83. The molecule has 14 heavy (non-hydrogen) atoms. The standard InChI is InChI=1S/C9H15N3O2/c1-8(13)11-6-3-2-4-9(14)12-7-5-10/h2-4,6-7H2,1H3,(H,11,13)(H,12,14). The Hall–Kier alpha value is -1.57.